The summed E-state index contributed by atoms with van der Waals surface area (Å²) in [5.41, 5.74) is 1.62. The highest BCUT2D eigenvalue weighted by atomic mass is 79.9. The van der Waals surface area contributed by atoms with Gasteiger partial charge < -0.3 is 4.90 Å². The Hall–Kier alpha value is -0.540. The second-order valence-electron chi connectivity index (χ2n) is 5.98. The first-order valence-corrected chi connectivity index (χ1v) is 7.52. The molecule has 0 unspecified atom stereocenters. The summed E-state index contributed by atoms with van der Waals surface area (Å²) in [6.45, 7) is 11.5. The van der Waals surface area contributed by atoms with Crippen LogP contribution in [0.3, 0.4) is 0 Å². The van der Waals surface area contributed by atoms with Gasteiger partial charge >= 0.3 is 0 Å². The zero-order valence-electron chi connectivity index (χ0n) is 11.6. The van der Waals surface area contributed by atoms with Crippen molar-refractivity contribution in [3.63, 3.8) is 0 Å². The highest BCUT2D eigenvalue weighted by molar-refractivity contribution is 9.10. The SMILES string of the molecule is CC(C)(C)N1CCCN(c2cccc(Br)c2)CC1. The van der Waals surface area contributed by atoms with E-state index in [1.165, 1.54) is 18.7 Å². The van der Waals surface area contributed by atoms with Gasteiger partial charge in [0.2, 0.25) is 0 Å². The van der Waals surface area contributed by atoms with Gasteiger partial charge in [0, 0.05) is 41.9 Å². The maximum Gasteiger partial charge on any atom is 0.0377 e. The van der Waals surface area contributed by atoms with E-state index in [-0.39, 0.29) is 5.54 Å². The maximum atomic E-state index is 3.55. The molecular weight excluding hydrogens is 288 g/mol. The Labute approximate surface area is 119 Å². The molecule has 3 heteroatoms. The molecule has 0 saturated carbocycles. The number of halogens is 1. The maximum absolute atomic E-state index is 3.55. The molecule has 1 aliphatic heterocycles. The third-order valence-corrected chi connectivity index (χ3v) is 4.11. The fourth-order valence-corrected chi connectivity index (χ4v) is 2.91. The van der Waals surface area contributed by atoms with Crippen LogP contribution in [0, 0.1) is 0 Å². The van der Waals surface area contributed by atoms with Gasteiger partial charge in [-0.05, 0) is 45.4 Å². The highest BCUT2D eigenvalue weighted by Crippen LogP contribution is 2.23. The van der Waals surface area contributed by atoms with Gasteiger partial charge in [-0.15, -0.1) is 0 Å². The Morgan fingerprint density at radius 3 is 2.50 bits per heavy atom. The van der Waals surface area contributed by atoms with Crippen LogP contribution < -0.4 is 4.90 Å². The van der Waals surface area contributed by atoms with Gasteiger partial charge in [-0.2, -0.15) is 0 Å². The van der Waals surface area contributed by atoms with Crippen LogP contribution in [-0.2, 0) is 0 Å². The lowest BCUT2D eigenvalue weighted by Gasteiger charge is -2.34. The van der Waals surface area contributed by atoms with Gasteiger partial charge in [-0.1, -0.05) is 22.0 Å². The fourth-order valence-electron chi connectivity index (χ4n) is 2.52. The molecule has 18 heavy (non-hydrogen) atoms. The number of rotatable bonds is 1. The van der Waals surface area contributed by atoms with E-state index in [1.54, 1.807) is 0 Å². The average molecular weight is 311 g/mol. The van der Waals surface area contributed by atoms with Gasteiger partial charge in [0.05, 0.1) is 0 Å². The number of anilines is 1. The van der Waals surface area contributed by atoms with Gasteiger partial charge in [0.25, 0.3) is 0 Å². The lowest BCUT2D eigenvalue weighted by atomic mass is 10.1. The monoisotopic (exact) mass is 310 g/mol. The van der Waals surface area contributed by atoms with Crippen molar-refractivity contribution in [1.82, 2.24) is 4.90 Å². The highest BCUT2D eigenvalue weighted by Gasteiger charge is 2.24. The van der Waals surface area contributed by atoms with Crippen molar-refractivity contribution < 1.29 is 0 Å². The van der Waals surface area contributed by atoms with Crippen molar-refractivity contribution in [3.05, 3.63) is 28.7 Å². The second-order valence-corrected chi connectivity index (χ2v) is 6.89. The van der Waals surface area contributed by atoms with Crippen LogP contribution >= 0.6 is 15.9 Å². The summed E-state index contributed by atoms with van der Waals surface area (Å²) in [4.78, 5) is 5.08. The minimum atomic E-state index is 0.285. The standard InChI is InChI=1S/C15H23BrN2/c1-15(2,3)18-9-5-8-17(10-11-18)14-7-4-6-13(16)12-14/h4,6-7,12H,5,8-11H2,1-3H3. The molecule has 0 N–H and O–H groups in total. The molecule has 2 nitrogen and oxygen atoms in total. The van der Waals surface area contributed by atoms with E-state index in [2.05, 4.69) is 70.8 Å². The first-order chi connectivity index (χ1) is 8.47. The van der Waals surface area contributed by atoms with Crippen molar-refractivity contribution in [2.75, 3.05) is 31.1 Å². The fraction of sp³-hybridized carbons (Fsp3) is 0.600. The zero-order valence-corrected chi connectivity index (χ0v) is 13.2. The third kappa shape index (κ3) is 3.48. The first-order valence-electron chi connectivity index (χ1n) is 6.72. The molecule has 0 radical (unpaired) electrons. The predicted octanol–water partition coefficient (Wildman–Crippen LogP) is 3.76. The lowest BCUT2D eigenvalue weighted by molar-refractivity contribution is 0.148. The molecule has 1 saturated heterocycles. The van der Waals surface area contributed by atoms with Crippen LogP contribution in [0.2, 0.25) is 0 Å². The molecule has 1 heterocycles. The Morgan fingerprint density at radius 1 is 1.06 bits per heavy atom. The number of benzene rings is 1. The summed E-state index contributed by atoms with van der Waals surface area (Å²) < 4.78 is 1.16. The largest absolute Gasteiger partial charge is 0.370 e. The van der Waals surface area contributed by atoms with Crippen molar-refractivity contribution in [3.8, 4) is 0 Å². The van der Waals surface area contributed by atoms with Gasteiger partial charge in [0.15, 0.2) is 0 Å². The van der Waals surface area contributed by atoms with Crippen molar-refractivity contribution in [2.24, 2.45) is 0 Å². The van der Waals surface area contributed by atoms with Crippen LogP contribution in [0.15, 0.2) is 28.7 Å². The second kappa shape index (κ2) is 5.62. The minimum Gasteiger partial charge on any atom is -0.370 e. The minimum absolute atomic E-state index is 0.285. The Kier molecular flexibility index (Phi) is 4.33. The molecule has 1 aromatic rings. The predicted molar refractivity (Wildman–Crippen MR) is 82.3 cm³/mol. The van der Waals surface area contributed by atoms with Gasteiger partial charge in [-0.3, -0.25) is 4.90 Å². The van der Waals surface area contributed by atoms with Crippen LogP contribution in [0.1, 0.15) is 27.2 Å². The quantitative estimate of drug-likeness (QED) is 0.779. The normalized spacial score (nSPS) is 18.8. The average Bonchev–Trinajstić information content (AvgIpc) is 2.53. The molecular formula is C15H23BrN2. The Balaban J connectivity index is 2.05. The lowest BCUT2D eigenvalue weighted by Crippen LogP contribution is -2.43. The molecule has 0 spiro atoms. The summed E-state index contributed by atoms with van der Waals surface area (Å²) >= 11 is 3.55. The van der Waals surface area contributed by atoms with E-state index >= 15 is 0 Å². The van der Waals surface area contributed by atoms with E-state index < -0.39 is 0 Å². The molecule has 0 aromatic heterocycles. The van der Waals surface area contributed by atoms with Crippen molar-refractivity contribution in [1.29, 1.82) is 0 Å². The molecule has 0 bridgehead atoms. The van der Waals surface area contributed by atoms with Crippen LogP contribution in [0.5, 0.6) is 0 Å². The van der Waals surface area contributed by atoms with Crippen LogP contribution in [0.4, 0.5) is 5.69 Å². The van der Waals surface area contributed by atoms with Crippen LogP contribution in [0.25, 0.3) is 0 Å². The molecule has 100 valence electrons. The summed E-state index contributed by atoms with van der Waals surface area (Å²) in [5.74, 6) is 0. The van der Waals surface area contributed by atoms with E-state index in [9.17, 15) is 0 Å². The smallest absolute Gasteiger partial charge is 0.0377 e. The van der Waals surface area contributed by atoms with Gasteiger partial charge in [-0.25, -0.2) is 0 Å². The first kappa shape index (κ1) is 13.9. The van der Waals surface area contributed by atoms with E-state index in [4.69, 9.17) is 0 Å². The van der Waals surface area contributed by atoms with E-state index in [1.807, 2.05) is 0 Å². The van der Waals surface area contributed by atoms with Crippen molar-refractivity contribution >= 4 is 21.6 Å². The summed E-state index contributed by atoms with van der Waals surface area (Å²) in [5, 5.41) is 0. The molecule has 0 amide bonds. The molecule has 1 aliphatic rings. The number of hydrogen-bond donors (Lipinski definition) is 0. The van der Waals surface area contributed by atoms with E-state index in [0.717, 1.165) is 24.1 Å². The molecule has 0 atom stereocenters. The number of nitrogens with zero attached hydrogens (tertiary/aromatic N) is 2. The third-order valence-electron chi connectivity index (χ3n) is 3.62. The van der Waals surface area contributed by atoms with Crippen molar-refractivity contribution in [2.45, 2.75) is 32.7 Å². The molecule has 2 rings (SSSR count). The number of hydrogen-bond acceptors (Lipinski definition) is 2. The van der Waals surface area contributed by atoms with E-state index in [0.29, 0.717) is 0 Å². The Morgan fingerprint density at radius 2 is 1.83 bits per heavy atom. The summed E-state index contributed by atoms with van der Waals surface area (Å²) in [6.07, 6.45) is 1.24. The summed E-state index contributed by atoms with van der Waals surface area (Å²) in [6, 6.07) is 8.62. The summed E-state index contributed by atoms with van der Waals surface area (Å²) in [7, 11) is 0. The van der Waals surface area contributed by atoms with Crippen LogP contribution in [-0.4, -0.2) is 36.6 Å². The Bertz CT molecular complexity index is 398. The topological polar surface area (TPSA) is 6.48 Å². The zero-order chi connectivity index (χ0) is 13.2. The van der Waals surface area contributed by atoms with Gasteiger partial charge in [0.1, 0.15) is 0 Å². The molecule has 1 aromatic carbocycles. The molecule has 1 fully saturated rings. The molecule has 0 aliphatic carbocycles.